The van der Waals surface area contributed by atoms with E-state index in [0.717, 1.165) is 18.5 Å². The molecule has 0 spiro atoms. The fraction of sp³-hybridized carbons (Fsp3) is 0.625. The fourth-order valence-electron chi connectivity index (χ4n) is 2.98. The summed E-state index contributed by atoms with van der Waals surface area (Å²) in [6.07, 6.45) is 4.39. The zero-order valence-corrected chi connectivity index (χ0v) is 12.1. The van der Waals surface area contributed by atoms with Crippen LogP contribution in [0.15, 0.2) is 24.3 Å². The Kier molecular flexibility index (Phi) is 5.52. The molecule has 1 aromatic carbocycles. The molecule has 0 heterocycles. The SMILES string of the molecule is CC(N)C(c1ccc(F)cc1)N(CCCO)C1CCC1. The van der Waals surface area contributed by atoms with Gasteiger partial charge in [-0.15, -0.1) is 0 Å². The van der Waals surface area contributed by atoms with E-state index >= 15 is 0 Å². The predicted molar refractivity (Wildman–Crippen MR) is 78.8 cm³/mol. The first-order valence-corrected chi connectivity index (χ1v) is 7.51. The van der Waals surface area contributed by atoms with Crippen LogP contribution in [0.5, 0.6) is 0 Å². The van der Waals surface area contributed by atoms with Crippen molar-refractivity contribution in [2.24, 2.45) is 5.73 Å². The average molecular weight is 280 g/mol. The van der Waals surface area contributed by atoms with E-state index in [1.165, 1.54) is 31.4 Å². The Bertz CT molecular complexity index is 403. The van der Waals surface area contributed by atoms with Crippen molar-refractivity contribution in [1.29, 1.82) is 0 Å². The summed E-state index contributed by atoms with van der Waals surface area (Å²) in [6.45, 7) is 3.03. The van der Waals surface area contributed by atoms with Crippen LogP contribution >= 0.6 is 0 Å². The van der Waals surface area contributed by atoms with Gasteiger partial charge in [0.2, 0.25) is 0 Å². The van der Waals surface area contributed by atoms with Crippen LogP contribution in [-0.4, -0.2) is 35.2 Å². The largest absolute Gasteiger partial charge is 0.396 e. The van der Waals surface area contributed by atoms with Gasteiger partial charge in [0.1, 0.15) is 5.82 Å². The van der Waals surface area contributed by atoms with Crippen LogP contribution in [0.4, 0.5) is 4.39 Å². The minimum absolute atomic E-state index is 0.0280. The van der Waals surface area contributed by atoms with Crippen molar-refractivity contribution in [1.82, 2.24) is 4.90 Å². The first-order chi connectivity index (χ1) is 9.63. The lowest BCUT2D eigenvalue weighted by atomic mass is 9.87. The smallest absolute Gasteiger partial charge is 0.123 e. The van der Waals surface area contributed by atoms with Gasteiger partial charge in [0.05, 0.1) is 0 Å². The molecule has 3 N–H and O–H groups in total. The highest BCUT2D eigenvalue weighted by Crippen LogP contribution is 2.34. The van der Waals surface area contributed by atoms with Crippen LogP contribution in [0.1, 0.15) is 44.2 Å². The summed E-state index contributed by atoms with van der Waals surface area (Å²) in [6, 6.07) is 7.25. The second-order valence-corrected chi connectivity index (χ2v) is 5.76. The maximum absolute atomic E-state index is 13.1. The maximum atomic E-state index is 13.1. The minimum atomic E-state index is -0.220. The van der Waals surface area contributed by atoms with Crippen LogP contribution in [0.2, 0.25) is 0 Å². The molecule has 1 aromatic rings. The van der Waals surface area contributed by atoms with Gasteiger partial charge in [-0.1, -0.05) is 18.6 Å². The number of hydrogen-bond acceptors (Lipinski definition) is 3. The van der Waals surface area contributed by atoms with Crippen LogP contribution < -0.4 is 5.73 Å². The monoisotopic (exact) mass is 280 g/mol. The molecule has 20 heavy (non-hydrogen) atoms. The number of nitrogens with zero attached hydrogens (tertiary/aromatic N) is 1. The lowest BCUT2D eigenvalue weighted by molar-refractivity contribution is 0.0612. The summed E-state index contributed by atoms with van der Waals surface area (Å²) in [7, 11) is 0. The standard InChI is InChI=1S/C16H25FN2O/c1-12(18)16(13-6-8-14(17)9-7-13)19(10-3-11-20)15-4-2-5-15/h6-9,12,15-16,20H,2-5,10-11,18H2,1H3. The molecule has 0 aromatic heterocycles. The molecule has 0 radical (unpaired) electrons. The van der Waals surface area contributed by atoms with Crippen molar-refractivity contribution in [3.05, 3.63) is 35.6 Å². The highest BCUT2D eigenvalue weighted by atomic mass is 19.1. The van der Waals surface area contributed by atoms with Crippen LogP contribution in [-0.2, 0) is 0 Å². The number of halogens is 1. The number of rotatable bonds is 7. The molecule has 0 amide bonds. The first kappa shape index (κ1) is 15.4. The molecule has 0 bridgehead atoms. The van der Waals surface area contributed by atoms with E-state index in [9.17, 15) is 4.39 Å². The minimum Gasteiger partial charge on any atom is -0.396 e. The first-order valence-electron chi connectivity index (χ1n) is 7.51. The van der Waals surface area contributed by atoms with Crippen molar-refractivity contribution in [2.45, 2.75) is 50.7 Å². The van der Waals surface area contributed by atoms with Gasteiger partial charge < -0.3 is 10.8 Å². The van der Waals surface area contributed by atoms with Gasteiger partial charge in [-0.3, -0.25) is 4.90 Å². The second kappa shape index (κ2) is 7.16. The quantitative estimate of drug-likeness (QED) is 0.806. The summed E-state index contributed by atoms with van der Waals surface area (Å²) in [4.78, 5) is 2.40. The maximum Gasteiger partial charge on any atom is 0.123 e. The van der Waals surface area contributed by atoms with Crippen molar-refractivity contribution in [2.75, 3.05) is 13.2 Å². The van der Waals surface area contributed by atoms with E-state index in [-0.39, 0.29) is 24.5 Å². The van der Waals surface area contributed by atoms with Gasteiger partial charge in [-0.25, -0.2) is 4.39 Å². The van der Waals surface area contributed by atoms with Crippen molar-refractivity contribution >= 4 is 0 Å². The summed E-state index contributed by atoms with van der Waals surface area (Å²) >= 11 is 0. The third kappa shape index (κ3) is 3.57. The normalized spacial score (nSPS) is 18.9. The number of benzene rings is 1. The molecule has 4 heteroatoms. The molecule has 2 rings (SSSR count). The molecule has 112 valence electrons. The number of aliphatic hydroxyl groups excluding tert-OH is 1. The molecule has 0 saturated heterocycles. The van der Waals surface area contributed by atoms with Crippen LogP contribution in [0.25, 0.3) is 0 Å². The molecular weight excluding hydrogens is 255 g/mol. The molecule has 1 aliphatic rings. The number of aliphatic hydroxyl groups is 1. The van der Waals surface area contributed by atoms with Gasteiger partial charge in [-0.05, 0) is 43.9 Å². The third-order valence-corrected chi connectivity index (χ3v) is 4.18. The Morgan fingerprint density at radius 1 is 1.35 bits per heavy atom. The van der Waals surface area contributed by atoms with Gasteiger partial charge in [0.25, 0.3) is 0 Å². The van der Waals surface area contributed by atoms with Gasteiger partial charge >= 0.3 is 0 Å². The average Bonchev–Trinajstić information content (AvgIpc) is 2.35. The summed E-state index contributed by atoms with van der Waals surface area (Å²) in [5.41, 5.74) is 7.26. The highest BCUT2D eigenvalue weighted by Gasteiger charge is 2.32. The Labute approximate surface area is 120 Å². The predicted octanol–water partition coefficient (Wildman–Crippen LogP) is 2.45. The second-order valence-electron chi connectivity index (χ2n) is 5.76. The lowest BCUT2D eigenvalue weighted by Gasteiger charge is -2.44. The Hall–Kier alpha value is -0.970. The molecule has 3 nitrogen and oxygen atoms in total. The summed E-state index contributed by atoms with van der Waals surface area (Å²) < 4.78 is 13.1. The lowest BCUT2D eigenvalue weighted by Crippen LogP contribution is -2.48. The molecule has 1 aliphatic carbocycles. The Morgan fingerprint density at radius 2 is 2.00 bits per heavy atom. The van der Waals surface area contributed by atoms with E-state index in [1.807, 2.05) is 19.1 Å². The van der Waals surface area contributed by atoms with Gasteiger partial charge in [0, 0.05) is 31.3 Å². The van der Waals surface area contributed by atoms with Gasteiger partial charge in [0.15, 0.2) is 0 Å². The Morgan fingerprint density at radius 3 is 2.45 bits per heavy atom. The van der Waals surface area contributed by atoms with Crippen LogP contribution in [0, 0.1) is 5.82 Å². The molecule has 0 aliphatic heterocycles. The van der Waals surface area contributed by atoms with Crippen LogP contribution in [0.3, 0.4) is 0 Å². The fourth-order valence-corrected chi connectivity index (χ4v) is 2.98. The molecular formula is C16H25FN2O. The third-order valence-electron chi connectivity index (χ3n) is 4.18. The highest BCUT2D eigenvalue weighted by molar-refractivity contribution is 5.22. The zero-order valence-electron chi connectivity index (χ0n) is 12.1. The van der Waals surface area contributed by atoms with E-state index in [4.69, 9.17) is 10.8 Å². The van der Waals surface area contributed by atoms with E-state index in [2.05, 4.69) is 4.90 Å². The van der Waals surface area contributed by atoms with E-state index < -0.39 is 0 Å². The summed E-state index contributed by atoms with van der Waals surface area (Å²) in [5.74, 6) is -0.220. The molecule has 2 atom stereocenters. The Balaban J connectivity index is 2.20. The van der Waals surface area contributed by atoms with Crippen molar-refractivity contribution in [3.63, 3.8) is 0 Å². The number of nitrogens with two attached hydrogens (primary N) is 1. The van der Waals surface area contributed by atoms with E-state index in [1.54, 1.807) is 0 Å². The molecule has 1 fully saturated rings. The summed E-state index contributed by atoms with van der Waals surface area (Å²) in [5, 5.41) is 9.11. The van der Waals surface area contributed by atoms with Gasteiger partial charge in [-0.2, -0.15) is 0 Å². The topological polar surface area (TPSA) is 49.5 Å². The molecule has 1 saturated carbocycles. The zero-order chi connectivity index (χ0) is 14.5. The molecule has 2 unspecified atom stereocenters. The van der Waals surface area contributed by atoms with E-state index in [0.29, 0.717) is 6.04 Å². The number of hydrogen-bond donors (Lipinski definition) is 2. The van der Waals surface area contributed by atoms with Crippen molar-refractivity contribution < 1.29 is 9.50 Å². The van der Waals surface area contributed by atoms with Crippen molar-refractivity contribution in [3.8, 4) is 0 Å².